The van der Waals surface area contributed by atoms with Crippen LogP contribution in [0, 0.1) is 5.92 Å². The average molecular weight is 244 g/mol. The topological polar surface area (TPSA) is 9.23 Å². The largest absolute Gasteiger partial charge is 0.376 e. The number of rotatable bonds is 0. The summed E-state index contributed by atoms with van der Waals surface area (Å²) in [5, 5.41) is 0. The molecule has 0 saturated heterocycles. The Labute approximate surface area is 111 Å². The molecule has 0 radical (unpaired) electrons. The van der Waals surface area contributed by atoms with Crippen molar-refractivity contribution in [2.75, 3.05) is 6.61 Å². The smallest absolute Gasteiger partial charge is 0.0720 e. The van der Waals surface area contributed by atoms with E-state index in [0.717, 1.165) is 13.2 Å². The van der Waals surface area contributed by atoms with Crippen LogP contribution in [-0.4, -0.2) is 6.61 Å². The van der Waals surface area contributed by atoms with Crippen molar-refractivity contribution in [3.8, 4) is 0 Å². The monoisotopic (exact) mass is 244 g/mol. The first-order valence-corrected chi connectivity index (χ1v) is 7.18. The zero-order chi connectivity index (χ0) is 13.1. The van der Waals surface area contributed by atoms with Gasteiger partial charge in [0.05, 0.1) is 13.2 Å². The fourth-order valence-electron chi connectivity index (χ4n) is 3.77. The standard InChI is InChI=1S/C17H24O/c1-10-8-18-9-13-6-15-11(2)12(3)17(4,5)16(15)7-14(10)13/h6-7,10-12H,8-9H2,1-5H3. The van der Waals surface area contributed by atoms with Crippen LogP contribution in [-0.2, 0) is 16.8 Å². The molecule has 1 aliphatic heterocycles. The third-order valence-corrected chi connectivity index (χ3v) is 5.54. The number of benzene rings is 1. The van der Waals surface area contributed by atoms with Crippen molar-refractivity contribution in [1.29, 1.82) is 0 Å². The van der Waals surface area contributed by atoms with Gasteiger partial charge in [-0.3, -0.25) is 0 Å². The van der Waals surface area contributed by atoms with E-state index in [9.17, 15) is 0 Å². The van der Waals surface area contributed by atoms with Crippen molar-refractivity contribution in [2.45, 2.75) is 58.5 Å². The van der Waals surface area contributed by atoms with E-state index < -0.39 is 0 Å². The molecule has 3 rings (SSSR count). The van der Waals surface area contributed by atoms with Gasteiger partial charge in [-0.15, -0.1) is 0 Å². The molecule has 1 aliphatic carbocycles. The Morgan fingerprint density at radius 2 is 1.83 bits per heavy atom. The quantitative estimate of drug-likeness (QED) is 0.659. The van der Waals surface area contributed by atoms with Gasteiger partial charge in [0.15, 0.2) is 0 Å². The van der Waals surface area contributed by atoms with E-state index in [2.05, 4.69) is 46.8 Å². The van der Waals surface area contributed by atoms with Crippen LogP contribution < -0.4 is 0 Å². The van der Waals surface area contributed by atoms with Crippen molar-refractivity contribution in [1.82, 2.24) is 0 Å². The predicted octanol–water partition coefficient (Wildman–Crippen LogP) is 4.35. The van der Waals surface area contributed by atoms with Crippen LogP contribution >= 0.6 is 0 Å². The fourth-order valence-corrected chi connectivity index (χ4v) is 3.77. The van der Waals surface area contributed by atoms with E-state index in [1.165, 1.54) is 11.1 Å². The summed E-state index contributed by atoms with van der Waals surface area (Å²) < 4.78 is 5.68. The molecule has 0 saturated carbocycles. The fraction of sp³-hybridized carbons (Fsp3) is 0.647. The van der Waals surface area contributed by atoms with Gasteiger partial charge in [0.25, 0.3) is 0 Å². The first-order chi connectivity index (χ1) is 8.43. The molecule has 18 heavy (non-hydrogen) atoms. The first kappa shape index (κ1) is 12.2. The Kier molecular flexibility index (Phi) is 2.60. The van der Waals surface area contributed by atoms with E-state index in [4.69, 9.17) is 4.74 Å². The van der Waals surface area contributed by atoms with Gasteiger partial charge in [-0.2, -0.15) is 0 Å². The van der Waals surface area contributed by atoms with E-state index in [1.54, 1.807) is 11.1 Å². The SMILES string of the molecule is CC1COCc2cc3c(cc21)C(C)(C)C(C)C3C. The molecule has 98 valence electrons. The van der Waals surface area contributed by atoms with E-state index in [1.807, 2.05) is 0 Å². The summed E-state index contributed by atoms with van der Waals surface area (Å²) in [6.45, 7) is 13.5. The summed E-state index contributed by atoms with van der Waals surface area (Å²) in [7, 11) is 0. The summed E-state index contributed by atoms with van der Waals surface area (Å²) in [5.41, 5.74) is 6.39. The van der Waals surface area contributed by atoms with Crippen molar-refractivity contribution in [3.05, 3.63) is 34.4 Å². The normalized spacial score (nSPS) is 33.1. The van der Waals surface area contributed by atoms with Crippen LogP contribution in [0.5, 0.6) is 0 Å². The lowest BCUT2D eigenvalue weighted by Crippen LogP contribution is -2.23. The Bertz CT molecular complexity index is 487. The maximum atomic E-state index is 5.68. The molecule has 1 aromatic carbocycles. The minimum absolute atomic E-state index is 0.307. The second kappa shape index (κ2) is 3.84. The molecule has 0 spiro atoms. The maximum absolute atomic E-state index is 5.68. The van der Waals surface area contributed by atoms with E-state index in [-0.39, 0.29) is 0 Å². The van der Waals surface area contributed by atoms with Crippen LogP contribution in [0.4, 0.5) is 0 Å². The predicted molar refractivity (Wildman–Crippen MR) is 75.1 cm³/mol. The minimum atomic E-state index is 0.307. The summed E-state index contributed by atoms with van der Waals surface area (Å²) in [6, 6.07) is 4.91. The highest BCUT2D eigenvalue weighted by atomic mass is 16.5. The molecule has 1 aromatic rings. The van der Waals surface area contributed by atoms with Crippen LogP contribution in [0.25, 0.3) is 0 Å². The third kappa shape index (κ3) is 1.50. The van der Waals surface area contributed by atoms with Gasteiger partial charge in [-0.05, 0) is 39.5 Å². The summed E-state index contributed by atoms with van der Waals surface area (Å²) in [6.07, 6.45) is 0. The second-order valence-electron chi connectivity index (χ2n) is 6.85. The Balaban J connectivity index is 2.19. The van der Waals surface area contributed by atoms with Gasteiger partial charge in [0.2, 0.25) is 0 Å². The number of fused-ring (bicyclic) bond motifs is 2. The molecule has 3 unspecified atom stereocenters. The molecular formula is C17H24O. The van der Waals surface area contributed by atoms with Crippen LogP contribution in [0.3, 0.4) is 0 Å². The van der Waals surface area contributed by atoms with Gasteiger partial charge in [0, 0.05) is 5.92 Å². The highest BCUT2D eigenvalue weighted by Gasteiger charge is 2.42. The van der Waals surface area contributed by atoms with E-state index in [0.29, 0.717) is 23.2 Å². The molecule has 0 aromatic heterocycles. The first-order valence-electron chi connectivity index (χ1n) is 7.18. The van der Waals surface area contributed by atoms with Crippen molar-refractivity contribution in [3.63, 3.8) is 0 Å². The molecule has 0 bridgehead atoms. The minimum Gasteiger partial charge on any atom is -0.376 e. The molecular weight excluding hydrogens is 220 g/mol. The van der Waals surface area contributed by atoms with Gasteiger partial charge in [0.1, 0.15) is 0 Å². The zero-order valence-corrected chi connectivity index (χ0v) is 12.2. The third-order valence-electron chi connectivity index (χ3n) is 5.54. The van der Waals surface area contributed by atoms with Crippen molar-refractivity contribution >= 4 is 0 Å². The molecule has 1 nitrogen and oxygen atoms in total. The Hall–Kier alpha value is -0.820. The number of hydrogen-bond acceptors (Lipinski definition) is 1. The number of hydrogen-bond donors (Lipinski definition) is 0. The lowest BCUT2D eigenvalue weighted by atomic mass is 9.77. The Morgan fingerprint density at radius 1 is 1.11 bits per heavy atom. The lowest BCUT2D eigenvalue weighted by Gasteiger charge is -2.29. The molecule has 0 N–H and O–H groups in total. The highest BCUT2D eigenvalue weighted by Crippen LogP contribution is 2.51. The highest BCUT2D eigenvalue weighted by molar-refractivity contribution is 5.49. The summed E-state index contributed by atoms with van der Waals surface area (Å²) in [4.78, 5) is 0. The lowest BCUT2D eigenvalue weighted by molar-refractivity contribution is 0.0949. The molecule has 1 heteroatoms. The van der Waals surface area contributed by atoms with Gasteiger partial charge in [-0.25, -0.2) is 0 Å². The van der Waals surface area contributed by atoms with Crippen LogP contribution in [0.1, 0.15) is 68.7 Å². The van der Waals surface area contributed by atoms with Crippen LogP contribution in [0.15, 0.2) is 12.1 Å². The maximum Gasteiger partial charge on any atom is 0.0720 e. The van der Waals surface area contributed by atoms with E-state index >= 15 is 0 Å². The Morgan fingerprint density at radius 3 is 2.56 bits per heavy atom. The second-order valence-corrected chi connectivity index (χ2v) is 6.85. The van der Waals surface area contributed by atoms with Crippen LogP contribution in [0.2, 0.25) is 0 Å². The van der Waals surface area contributed by atoms with Crippen molar-refractivity contribution in [2.24, 2.45) is 5.92 Å². The van der Waals surface area contributed by atoms with Gasteiger partial charge >= 0.3 is 0 Å². The van der Waals surface area contributed by atoms with Gasteiger partial charge < -0.3 is 4.74 Å². The molecule has 2 aliphatic rings. The molecule has 3 atom stereocenters. The molecule has 1 heterocycles. The average Bonchev–Trinajstić information content (AvgIpc) is 2.50. The summed E-state index contributed by atoms with van der Waals surface area (Å²) in [5.74, 6) is 1.92. The number of ether oxygens (including phenoxy) is 1. The van der Waals surface area contributed by atoms with Gasteiger partial charge in [-0.1, -0.05) is 46.8 Å². The molecule has 0 fully saturated rings. The summed E-state index contributed by atoms with van der Waals surface area (Å²) >= 11 is 0. The van der Waals surface area contributed by atoms with Crippen molar-refractivity contribution < 1.29 is 4.74 Å². The molecule has 0 amide bonds. The zero-order valence-electron chi connectivity index (χ0n) is 12.2.